The van der Waals surface area contributed by atoms with Gasteiger partial charge >= 0.3 is 0 Å². The average molecular weight is 390 g/mol. The summed E-state index contributed by atoms with van der Waals surface area (Å²) in [5.41, 5.74) is 2.71. The van der Waals surface area contributed by atoms with E-state index in [0.29, 0.717) is 29.3 Å². The molecule has 4 rings (SSSR count). The van der Waals surface area contributed by atoms with Gasteiger partial charge < -0.3 is 19.8 Å². The molecule has 0 fully saturated rings. The molecule has 0 aliphatic rings. The summed E-state index contributed by atoms with van der Waals surface area (Å²) in [6, 6.07) is 20.7. The standard InChI is InChI=1S/C23H19FN2O3/c1-28-18-12-10-17(11-13-18)26-23(27)22-21(19-4-2-3-5-20(19)29-22)25-14-15-6-8-16(24)9-7-15/h2-13,25H,14H2,1H3,(H,26,27). The first-order valence-corrected chi connectivity index (χ1v) is 9.09. The van der Waals surface area contributed by atoms with Crippen molar-refractivity contribution in [2.24, 2.45) is 0 Å². The summed E-state index contributed by atoms with van der Waals surface area (Å²) in [4.78, 5) is 12.9. The number of ether oxygens (including phenoxy) is 1. The molecular weight excluding hydrogens is 371 g/mol. The molecule has 29 heavy (non-hydrogen) atoms. The van der Waals surface area contributed by atoms with Crippen LogP contribution in [0.2, 0.25) is 0 Å². The lowest BCUT2D eigenvalue weighted by Crippen LogP contribution is -2.13. The minimum atomic E-state index is -0.368. The van der Waals surface area contributed by atoms with Crippen LogP contribution in [0.3, 0.4) is 0 Å². The smallest absolute Gasteiger partial charge is 0.293 e. The third kappa shape index (κ3) is 4.06. The van der Waals surface area contributed by atoms with Crippen molar-refractivity contribution in [3.63, 3.8) is 0 Å². The summed E-state index contributed by atoms with van der Waals surface area (Å²) < 4.78 is 24.1. The van der Waals surface area contributed by atoms with Crippen LogP contribution in [-0.2, 0) is 6.54 Å². The Morgan fingerprint density at radius 1 is 1.00 bits per heavy atom. The molecule has 0 unspecified atom stereocenters. The van der Waals surface area contributed by atoms with E-state index in [-0.39, 0.29) is 17.5 Å². The highest BCUT2D eigenvalue weighted by atomic mass is 19.1. The van der Waals surface area contributed by atoms with Crippen molar-refractivity contribution in [3.05, 3.63) is 89.9 Å². The predicted octanol–water partition coefficient (Wildman–Crippen LogP) is 5.44. The highest BCUT2D eigenvalue weighted by Crippen LogP contribution is 2.32. The molecule has 0 aliphatic carbocycles. The van der Waals surface area contributed by atoms with E-state index in [0.717, 1.165) is 10.9 Å². The minimum absolute atomic E-state index is 0.184. The van der Waals surface area contributed by atoms with Gasteiger partial charge in [-0.3, -0.25) is 4.79 Å². The zero-order valence-corrected chi connectivity index (χ0v) is 15.7. The zero-order valence-electron chi connectivity index (χ0n) is 15.7. The van der Waals surface area contributed by atoms with E-state index in [2.05, 4.69) is 10.6 Å². The van der Waals surface area contributed by atoms with E-state index >= 15 is 0 Å². The van der Waals surface area contributed by atoms with E-state index in [9.17, 15) is 9.18 Å². The fraction of sp³-hybridized carbons (Fsp3) is 0.0870. The highest BCUT2D eigenvalue weighted by Gasteiger charge is 2.20. The largest absolute Gasteiger partial charge is 0.497 e. The van der Waals surface area contributed by atoms with Gasteiger partial charge in [-0.1, -0.05) is 24.3 Å². The lowest BCUT2D eigenvalue weighted by Gasteiger charge is -2.09. The third-order valence-corrected chi connectivity index (χ3v) is 4.53. The van der Waals surface area contributed by atoms with Crippen LogP contribution in [-0.4, -0.2) is 13.0 Å². The number of hydrogen-bond acceptors (Lipinski definition) is 4. The average Bonchev–Trinajstić information content (AvgIpc) is 3.13. The molecule has 4 aromatic rings. The van der Waals surface area contributed by atoms with Crippen molar-refractivity contribution < 1.29 is 18.3 Å². The molecule has 0 radical (unpaired) electrons. The molecule has 2 N–H and O–H groups in total. The molecule has 6 heteroatoms. The molecule has 0 saturated carbocycles. The van der Waals surface area contributed by atoms with Crippen LogP contribution in [0.15, 0.2) is 77.2 Å². The molecule has 1 amide bonds. The Labute approximate surface area is 167 Å². The second kappa shape index (κ2) is 8.06. The van der Waals surface area contributed by atoms with Crippen molar-refractivity contribution in [1.82, 2.24) is 0 Å². The molecule has 0 atom stereocenters. The number of benzene rings is 3. The Morgan fingerprint density at radius 3 is 2.45 bits per heavy atom. The quantitative estimate of drug-likeness (QED) is 0.460. The SMILES string of the molecule is COc1ccc(NC(=O)c2oc3ccccc3c2NCc2ccc(F)cc2)cc1. The topological polar surface area (TPSA) is 63.5 Å². The van der Waals surface area contributed by atoms with Crippen LogP contribution >= 0.6 is 0 Å². The van der Waals surface area contributed by atoms with Gasteiger partial charge in [-0.25, -0.2) is 4.39 Å². The first-order chi connectivity index (χ1) is 14.1. The normalized spacial score (nSPS) is 10.7. The van der Waals surface area contributed by atoms with E-state index in [1.807, 2.05) is 24.3 Å². The van der Waals surface area contributed by atoms with Crippen LogP contribution in [0, 0.1) is 5.82 Å². The maximum absolute atomic E-state index is 13.1. The second-order valence-corrected chi connectivity index (χ2v) is 6.46. The summed E-state index contributed by atoms with van der Waals surface area (Å²) >= 11 is 0. The Balaban J connectivity index is 1.61. The Morgan fingerprint density at radius 2 is 1.72 bits per heavy atom. The summed E-state index contributed by atoms with van der Waals surface area (Å²) in [7, 11) is 1.58. The molecule has 0 saturated heterocycles. The molecule has 0 bridgehead atoms. The van der Waals surface area contributed by atoms with Crippen molar-refractivity contribution >= 4 is 28.3 Å². The van der Waals surface area contributed by atoms with Gasteiger partial charge in [0.1, 0.15) is 17.1 Å². The maximum Gasteiger partial charge on any atom is 0.293 e. The van der Waals surface area contributed by atoms with Crippen molar-refractivity contribution in [1.29, 1.82) is 0 Å². The van der Waals surface area contributed by atoms with Gasteiger partial charge in [-0.15, -0.1) is 0 Å². The predicted molar refractivity (Wildman–Crippen MR) is 111 cm³/mol. The summed E-state index contributed by atoms with van der Waals surface area (Å²) in [6.45, 7) is 0.423. The van der Waals surface area contributed by atoms with Crippen molar-refractivity contribution in [3.8, 4) is 5.75 Å². The first kappa shape index (κ1) is 18.6. The summed E-state index contributed by atoms with van der Waals surface area (Å²) in [6.07, 6.45) is 0. The minimum Gasteiger partial charge on any atom is -0.497 e. The number of halogens is 1. The third-order valence-electron chi connectivity index (χ3n) is 4.53. The van der Waals surface area contributed by atoms with E-state index in [1.54, 1.807) is 43.5 Å². The number of carbonyl (C=O) groups is 1. The maximum atomic E-state index is 13.1. The number of nitrogens with one attached hydrogen (secondary N) is 2. The number of carbonyl (C=O) groups excluding carboxylic acids is 1. The van der Waals surface area contributed by atoms with E-state index in [4.69, 9.17) is 9.15 Å². The number of rotatable bonds is 6. The van der Waals surface area contributed by atoms with Crippen LogP contribution in [0.5, 0.6) is 5.75 Å². The lowest BCUT2D eigenvalue weighted by atomic mass is 10.2. The van der Waals surface area contributed by atoms with Gasteiger partial charge in [0.15, 0.2) is 0 Å². The number of para-hydroxylation sites is 1. The lowest BCUT2D eigenvalue weighted by molar-refractivity contribution is 0.0999. The monoisotopic (exact) mass is 390 g/mol. The van der Waals surface area contributed by atoms with Gasteiger partial charge in [-0.2, -0.15) is 0 Å². The van der Waals surface area contributed by atoms with Crippen LogP contribution < -0.4 is 15.4 Å². The number of furan rings is 1. The zero-order chi connectivity index (χ0) is 20.2. The van der Waals surface area contributed by atoms with Crippen LogP contribution in [0.25, 0.3) is 11.0 Å². The molecule has 1 aromatic heterocycles. The number of anilines is 2. The number of fused-ring (bicyclic) bond motifs is 1. The second-order valence-electron chi connectivity index (χ2n) is 6.46. The molecule has 0 aliphatic heterocycles. The van der Waals surface area contributed by atoms with Crippen LogP contribution in [0.1, 0.15) is 16.1 Å². The van der Waals surface area contributed by atoms with Gasteiger partial charge in [0, 0.05) is 17.6 Å². The van der Waals surface area contributed by atoms with Crippen molar-refractivity contribution in [2.45, 2.75) is 6.54 Å². The Bertz CT molecular complexity index is 1140. The summed E-state index contributed by atoms with van der Waals surface area (Å²) in [5.74, 6) is 0.229. The number of hydrogen-bond donors (Lipinski definition) is 2. The molecule has 146 valence electrons. The van der Waals surface area contributed by atoms with Gasteiger partial charge in [-0.05, 0) is 54.1 Å². The van der Waals surface area contributed by atoms with Gasteiger partial charge in [0.2, 0.25) is 5.76 Å². The van der Waals surface area contributed by atoms with E-state index < -0.39 is 0 Å². The van der Waals surface area contributed by atoms with Gasteiger partial charge in [0.05, 0.1) is 12.8 Å². The first-order valence-electron chi connectivity index (χ1n) is 9.09. The Hall–Kier alpha value is -3.80. The fourth-order valence-corrected chi connectivity index (χ4v) is 3.04. The number of amides is 1. The number of methoxy groups -OCH3 is 1. The van der Waals surface area contributed by atoms with Crippen molar-refractivity contribution in [2.75, 3.05) is 17.7 Å². The Kier molecular flexibility index (Phi) is 5.16. The van der Waals surface area contributed by atoms with Gasteiger partial charge in [0.25, 0.3) is 5.91 Å². The molecule has 1 heterocycles. The molecular formula is C23H19FN2O3. The van der Waals surface area contributed by atoms with Crippen LogP contribution in [0.4, 0.5) is 15.8 Å². The van der Waals surface area contributed by atoms with E-state index in [1.165, 1.54) is 12.1 Å². The molecule has 0 spiro atoms. The molecule has 5 nitrogen and oxygen atoms in total. The highest BCUT2D eigenvalue weighted by molar-refractivity contribution is 6.11. The molecule has 3 aromatic carbocycles. The fourth-order valence-electron chi connectivity index (χ4n) is 3.04. The summed E-state index contributed by atoms with van der Waals surface area (Å²) in [5, 5.41) is 6.90.